The first-order valence-electron chi connectivity index (χ1n) is 9.31. The van der Waals surface area contributed by atoms with E-state index in [4.69, 9.17) is 9.26 Å². The van der Waals surface area contributed by atoms with Crippen LogP contribution in [0.15, 0.2) is 28.8 Å². The van der Waals surface area contributed by atoms with Gasteiger partial charge in [-0.15, -0.1) is 12.4 Å². The van der Waals surface area contributed by atoms with E-state index in [0.29, 0.717) is 41.5 Å². The summed E-state index contributed by atoms with van der Waals surface area (Å²) in [5, 5.41) is 7.46. The molecule has 1 aromatic heterocycles. The third kappa shape index (κ3) is 4.59. The predicted molar refractivity (Wildman–Crippen MR) is 102 cm³/mol. The van der Waals surface area contributed by atoms with Crippen molar-refractivity contribution < 1.29 is 14.1 Å². The van der Waals surface area contributed by atoms with Crippen LogP contribution in [0.3, 0.4) is 0 Å². The van der Waals surface area contributed by atoms with E-state index in [2.05, 4.69) is 15.5 Å². The van der Waals surface area contributed by atoms with Crippen LogP contribution in [0.4, 0.5) is 0 Å². The van der Waals surface area contributed by atoms with Gasteiger partial charge in [-0.2, -0.15) is 4.98 Å². The molecular formula is C19H25ClN4O3. The van der Waals surface area contributed by atoms with Gasteiger partial charge in [0.2, 0.25) is 11.7 Å². The largest absolute Gasteiger partial charge is 0.485 e. The third-order valence-corrected chi connectivity index (χ3v) is 5.09. The summed E-state index contributed by atoms with van der Waals surface area (Å²) in [6.45, 7) is 3.82. The molecule has 27 heavy (non-hydrogen) atoms. The molecule has 2 unspecified atom stereocenters. The Kier molecular flexibility index (Phi) is 6.34. The minimum absolute atomic E-state index is 0. The number of nitrogens with zero attached hydrogens (tertiary/aromatic N) is 3. The summed E-state index contributed by atoms with van der Waals surface area (Å²) in [6, 6.07) is 8.29. The lowest BCUT2D eigenvalue weighted by Crippen LogP contribution is -2.39. The summed E-state index contributed by atoms with van der Waals surface area (Å²) in [5.41, 5.74) is 0.697. The Morgan fingerprint density at radius 1 is 1.26 bits per heavy atom. The molecular weight excluding hydrogens is 368 g/mol. The summed E-state index contributed by atoms with van der Waals surface area (Å²) in [6.07, 6.45) is 4.14. The maximum atomic E-state index is 12.8. The highest BCUT2D eigenvalue weighted by molar-refractivity contribution is 5.94. The number of fused-ring (bicyclic) bond motifs is 2. The fourth-order valence-corrected chi connectivity index (χ4v) is 3.64. The monoisotopic (exact) mass is 392 g/mol. The van der Waals surface area contributed by atoms with Crippen LogP contribution in [0.1, 0.15) is 48.3 Å². The summed E-state index contributed by atoms with van der Waals surface area (Å²) in [5.74, 6) is 1.90. The highest BCUT2D eigenvalue weighted by Crippen LogP contribution is 2.22. The van der Waals surface area contributed by atoms with Crippen LogP contribution in [0, 0.1) is 0 Å². The van der Waals surface area contributed by atoms with E-state index in [0.717, 1.165) is 25.9 Å². The maximum Gasteiger partial charge on any atom is 0.253 e. The first kappa shape index (κ1) is 19.6. The second-order valence-corrected chi connectivity index (χ2v) is 6.95. The van der Waals surface area contributed by atoms with Crippen molar-refractivity contribution in [3.63, 3.8) is 0 Å². The van der Waals surface area contributed by atoms with E-state index < -0.39 is 0 Å². The normalized spacial score (nSPS) is 21.4. The molecule has 2 bridgehead atoms. The second kappa shape index (κ2) is 8.71. The lowest BCUT2D eigenvalue weighted by atomic mass is 10.1. The van der Waals surface area contributed by atoms with Crippen LogP contribution < -0.4 is 10.1 Å². The molecule has 146 valence electrons. The van der Waals surface area contributed by atoms with Gasteiger partial charge < -0.3 is 19.5 Å². The molecule has 1 N–H and O–H groups in total. The number of aromatic nitrogens is 2. The Labute approximate surface area is 164 Å². The number of carbonyl (C=O) groups excluding carboxylic acids is 1. The number of hydrogen-bond acceptors (Lipinski definition) is 6. The second-order valence-electron chi connectivity index (χ2n) is 6.95. The Hall–Kier alpha value is -2.12. The number of ether oxygens (including phenoxy) is 1. The van der Waals surface area contributed by atoms with Gasteiger partial charge >= 0.3 is 0 Å². The fourth-order valence-electron chi connectivity index (χ4n) is 3.64. The Morgan fingerprint density at radius 3 is 2.78 bits per heavy atom. The lowest BCUT2D eigenvalue weighted by Gasteiger charge is -2.24. The van der Waals surface area contributed by atoms with Crippen molar-refractivity contribution in [1.82, 2.24) is 20.4 Å². The van der Waals surface area contributed by atoms with Gasteiger partial charge in [-0.1, -0.05) is 12.1 Å². The minimum atomic E-state index is 0. The molecule has 2 aliphatic heterocycles. The number of nitrogens with one attached hydrogen (secondary N) is 1. The van der Waals surface area contributed by atoms with Crippen molar-refractivity contribution in [2.45, 2.75) is 51.3 Å². The zero-order valence-corrected chi connectivity index (χ0v) is 16.2. The van der Waals surface area contributed by atoms with Gasteiger partial charge in [0.25, 0.3) is 5.91 Å². The van der Waals surface area contributed by atoms with Gasteiger partial charge in [0.1, 0.15) is 5.75 Å². The number of carbonyl (C=O) groups is 1. The number of rotatable bonds is 5. The lowest BCUT2D eigenvalue weighted by molar-refractivity contribution is 0.0748. The summed E-state index contributed by atoms with van der Waals surface area (Å²) in [7, 11) is 0. The quantitative estimate of drug-likeness (QED) is 0.842. The molecule has 0 saturated carbocycles. The highest BCUT2D eigenvalue weighted by Gasteiger charge is 2.31. The first-order chi connectivity index (χ1) is 12.7. The number of halogens is 1. The number of aryl methyl sites for hydroxylation is 1. The van der Waals surface area contributed by atoms with Crippen molar-refractivity contribution in [3.8, 4) is 5.75 Å². The van der Waals surface area contributed by atoms with Crippen molar-refractivity contribution in [1.29, 1.82) is 0 Å². The SMILES string of the molecule is CCc1nc(COc2ccc(C(=O)N3CCC4CCC(C3)N4)cc2)no1.Cl. The molecule has 2 saturated heterocycles. The molecule has 1 aromatic carbocycles. The molecule has 2 aliphatic rings. The molecule has 2 fully saturated rings. The fraction of sp³-hybridized carbons (Fsp3) is 0.526. The number of hydrogen-bond donors (Lipinski definition) is 1. The number of likely N-dealkylation sites (tertiary alicyclic amines) is 1. The maximum absolute atomic E-state index is 12.8. The van der Waals surface area contributed by atoms with Crippen LogP contribution in [0.25, 0.3) is 0 Å². The molecule has 2 atom stereocenters. The van der Waals surface area contributed by atoms with Crippen molar-refractivity contribution in [2.75, 3.05) is 13.1 Å². The molecule has 3 heterocycles. The van der Waals surface area contributed by atoms with Gasteiger partial charge in [-0.05, 0) is 43.5 Å². The zero-order chi connectivity index (χ0) is 17.9. The van der Waals surface area contributed by atoms with Crippen molar-refractivity contribution in [3.05, 3.63) is 41.5 Å². The molecule has 0 aliphatic carbocycles. The standard InChI is InChI=1S/C19H24N4O3.ClH/c1-2-18-21-17(22-26-18)12-25-16-7-3-13(4-8-16)19(24)23-10-9-14-5-6-15(11-23)20-14;/h3-4,7-8,14-15,20H,2,5-6,9-12H2,1H3;1H. The minimum Gasteiger partial charge on any atom is -0.485 e. The van der Waals surface area contributed by atoms with E-state index in [1.807, 2.05) is 36.1 Å². The summed E-state index contributed by atoms with van der Waals surface area (Å²) >= 11 is 0. The van der Waals surface area contributed by atoms with Crippen LogP contribution in [0.2, 0.25) is 0 Å². The van der Waals surface area contributed by atoms with E-state index >= 15 is 0 Å². The average Bonchev–Trinajstić information content (AvgIpc) is 3.26. The van der Waals surface area contributed by atoms with Gasteiger partial charge in [-0.25, -0.2) is 0 Å². The Morgan fingerprint density at radius 2 is 2.04 bits per heavy atom. The van der Waals surface area contributed by atoms with Crippen molar-refractivity contribution >= 4 is 18.3 Å². The van der Waals surface area contributed by atoms with Gasteiger partial charge in [0.05, 0.1) is 0 Å². The van der Waals surface area contributed by atoms with Crippen LogP contribution in [-0.2, 0) is 13.0 Å². The van der Waals surface area contributed by atoms with Gasteiger partial charge in [-0.3, -0.25) is 4.79 Å². The van der Waals surface area contributed by atoms with Crippen LogP contribution in [-0.4, -0.2) is 46.1 Å². The molecule has 0 radical (unpaired) electrons. The molecule has 0 spiro atoms. The van der Waals surface area contributed by atoms with E-state index in [1.165, 1.54) is 6.42 Å². The summed E-state index contributed by atoms with van der Waals surface area (Å²) in [4.78, 5) is 19.0. The molecule has 7 nitrogen and oxygen atoms in total. The molecule has 2 aromatic rings. The topological polar surface area (TPSA) is 80.5 Å². The van der Waals surface area contributed by atoms with E-state index in [9.17, 15) is 4.79 Å². The Balaban J connectivity index is 0.00000210. The third-order valence-electron chi connectivity index (χ3n) is 5.09. The summed E-state index contributed by atoms with van der Waals surface area (Å²) < 4.78 is 10.7. The molecule has 1 amide bonds. The predicted octanol–water partition coefficient (Wildman–Crippen LogP) is 2.60. The zero-order valence-electron chi connectivity index (χ0n) is 15.4. The van der Waals surface area contributed by atoms with Crippen molar-refractivity contribution in [2.24, 2.45) is 0 Å². The smallest absolute Gasteiger partial charge is 0.253 e. The number of benzene rings is 1. The van der Waals surface area contributed by atoms with E-state index in [-0.39, 0.29) is 24.9 Å². The molecule has 8 heteroatoms. The van der Waals surface area contributed by atoms with Gasteiger partial charge in [0.15, 0.2) is 6.61 Å². The first-order valence-corrected chi connectivity index (χ1v) is 9.31. The van der Waals surface area contributed by atoms with Crippen LogP contribution in [0.5, 0.6) is 5.75 Å². The average molecular weight is 393 g/mol. The van der Waals surface area contributed by atoms with Gasteiger partial charge in [0, 0.05) is 37.2 Å². The highest BCUT2D eigenvalue weighted by atomic mass is 35.5. The Bertz CT molecular complexity index is 765. The van der Waals surface area contributed by atoms with Crippen LogP contribution >= 0.6 is 12.4 Å². The number of amides is 1. The van der Waals surface area contributed by atoms with E-state index in [1.54, 1.807) is 0 Å². The molecule has 4 rings (SSSR count).